The summed E-state index contributed by atoms with van der Waals surface area (Å²) in [6.07, 6.45) is -0.872. The van der Waals surface area contributed by atoms with Gasteiger partial charge < -0.3 is 0 Å². The maximum atomic E-state index is 13.7. The molecule has 0 bridgehead atoms. The van der Waals surface area contributed by atoms with Crippen LogP contribution < -0.4 is 0 Å². The third kappa shape index (κ3) is 2.57. The molecule has 0 radical (unpaired) electrons. The van der Waals surface area contributed by atoms with E-state index in [0.717, 1.165) is 5.69 Å². The van der Waals surface area contributed by atoms with Gasteiger partial charge in [-0.05, 0) is 31.2 Å². The molecule has 0 saturated carbocycles. The summed E-state index contributed by atoms with van der Waals surface area (Å²) < 4.78 is 30.6. The van der Waals surface area contributed by atoms with E-state index in [-0.39, 0.29) is 5.56 Å². The molecule has 0 aliphatic heterocycles. The smallest absolute Gasteiger partial charge is 0.264 e. The van der Waals surface area contributed by atoms with Crippen LogP contribution in [0.25, 0.3) is 28.1 Å². The van der Waals surface area contributed by atoms with Crippen molar-refractivity contribution in [2.75, 3.05) is 0 Å². The topological polar surface area (TPSA) is 48.5 Å². The number of halogens is 2. The summed E-state index contributed by atoms with van der Waals surface area (Å²) >= 11 is 0. The Morgan fingerprint density at radius 2 is 1.76 bits per heavy atom. The maximum Gasteiger partial charge on any atom is 0.264 e. The van der Waals surface area contributed by atoms with E-state index in [1.165, 1.54) is 6.07 Å². The van der Waals surface area contributed by atoms with Crippen molar-refractivity contribution < 1.29 is 8.78 Å². The first kappa shape index (κ1) is 15.4. The van der Waals surface area contributed by atoms with E-state index < -0.39 is 6.43 Å². The van der Waals surface area contributed by atoms with Crippen LogP contribution in [-0.4, -0.2) is 24.5 Å². The van der Waals surface area contributed by atoms with Gasteiger partial charge in [0.25, 0.3) is 6.43 Å². The molecule has 4 aromatic rings. The summed E-state index contributed by atoms with van der Waals surface area (Å²) in [7, 11) is 1.77. The Labute approximate surface area is 142 Å². The highest BCUT2D eigenvalue weighted by atomic mass is 19.3. The number of nitrogens with zero attached hydrogens (tertiary/aromatic N) is 5. The van der Waals surface area contributed by atoms with Gasteiger partial charge in [0.1, 0.15) is 5.69 Å². The van der Waals surface area contributed by atoms with Crippen molar-refractivity contribution in [2.45, 2.75) is 13.3 Å². The normalized spacial score (nSPS) is 11.6. The number of aryl methyl sites for hydroxylation is 2. The van der Waals surface area contributed by atoms with Crippen LogP contribution in [0, 0.1) is 6.92 Å². The second kappa shape index (κ2) is 5.77. The Balaban J connectivity index is 2.04. The first-order chi connectivity index (χ1) is 12.0. The molecule has 0 amide bonds. The van der Waals surface area contributed by atoms with E-state index in [9.17, 15) is 8.78 Å². The molecule has 0 fully saturated rings. The first-order valence-electron chi connectivity index (χ1n) is 7.78. The van der Waals surface area contributed by atoms with Crippen LogP contribution in [-0.2, 0) is 7.05 Å². The Hall–Kier alpha value is -3.09. The lowest BCUT2D eigenvalue weighted by Crippen LogP contribution is -2.00. The van der Waals surface area contributed by atoms with Gasteiger partial charge >= 0.3 is 0 Å². The zero-order valence-corrected chi connectivity index (χ0v) is 13.7. The predicted molar refractivity (Wildman–Crippen MR) is 90.8 cm³/mol. The second-order valence-electron chi connectivity index (χ2n) is 5.80. The molecule has 0 atom stereocenters. The van der Waals surface area contributed by atoms with E-state index in [1.54, 1.807) is 35.6 Å². The number of aromatic nitrogens is 5. The van der Waals surface area contributed by atoms with Crippen molar-refractivity contribution in [2.24, 2.45) is 7.05 Å². The zero-order valence-electron chi connectivity index (χ0n) is 13.7. The zero-order chi connectivity index (χ0) is 17.6. The number of benzene rings is 1. The molecule has 0 aliphatic carbocycles. The molecule has 0 unspecified atom stereocenters. The summed E-state index contributed by atoms with van der Waals surface area (Å²) in [5, 5.41) is 9.10. The number of hydrogen-bond acceptors (Lipinski definition) is 3. The largest absolute Gasteiger partial charge is 0.275 e. The molecule has 7 heteroatoms. The number of para-hydroxylation sites is 1. The summed E-state index contributed by atoms with van der Waals surface area (Å²) in [6.45, 7) is 1.72. The molecule has 3 aromatic heterocycles. The van der Waals surface area contributed by atoms with Crippen molar-refractivity contribution >= 4 is 11.0 Å². The molecule has 1 aromatic carbocycles. The van der Waals surface area contributed by atoms with Crippen LogP contribution in [0.4, 0.5) is 8.78 Å². The fourth-order valence-corrected chi connectivity index (χ4v) is 2.93. The molecule has 4 rings (SSSR count). The molecule has 126 valence electrons. The minimum absolute atomic E-state index is 0.0784. The fraction of sp³-hybridized carbons (Fsp3) is 0.167. The third-order valence-corrected chi connectivity index (χ3v) is 4.06. The van der Waals surface area contributed by atoms with Gasteiger partial charge in [-0.25, -0.2) is 18.4 Å². The second-order valence-corrected chi connectivity index (χ2v) is 5.80. The average Bonchev–Trinajstić information content (AvgIpc) is 3.19. The van der Waals surface area contributed by atoms with Gasteiger partial charge in [0.05, 0.1) is 22.5 Å². The number of fused-ring (bicyclic) bond motifs is 1. The Kier molecular flexibility index (Phi) is 3.56. The SMILES string of the molecule is Cc1nn(-c2ccccc2)c2nc(-c3ccn(C)n3)cc(C(F)F)c12. The van der Waals surface area contributed by atoms with Gasteiger partial charge in [-0.3, -0.25) is 4.68 Å². The van der Waals surface area contributed by atoms with E-state index in [0.29, 0.717) is 28.1 Å². The quantitative estimate of drug-likeness (QED) is 0.565. The number of pyridine rings is 1. The highest BCUT2D eigenvalue weighted by molar-refractivity contribution is 5.86. The van der Waals surface area contributed by atoms with Gasteiger partial charge in [-0.2, -0.15) is 10.2 Å². The van der Waals surface area contributed by atoms with Crippen LogP contribution in [0.3, 0.4) is 0 Å². The molecule has 0 spiro atoms. The highest BCUT2D eigenvalue weighted by Crippen LogP contribution is 2.33. The Morgan fingerprint density at radius 1 is 1.00 bits per heavy atom. The van der Waals surface area contributed by atoms with Crippen LogP contribution in [0.15, 0.2) is 48.7 Å². The van der Waals surface area contributed by atoms with E-state index in [1.807, 2.05) is 30.3 Å². The summed E-state index contributed by atoms with van der Waals surface area (Å²) in [5.41, 5.74) is 2.57. The molecule has 0 saturated heterocycles. The molecule has 3 heterocycles. The number of rotatable bonds is 3. The molecule has 5 nitrogen and oxygen atoms in total. The third-order valence-electron chi connectivity index (χ3n) is 4.06. The average molecular weight is 339 g/mol. The lowest BCUT2D eigenvalue weighted by molar-refractivity contribution is 0.153. The van der Waals surface area contributed by atoms with Gasteiger partial charge in [0.2, 0.25) is 0 Å². The fourth-order valence-electron chi connectivity index (χ4n) is 2.93. The summed E-state index contributed by atoms with van der Waals surface area (Å²) in [5.74, 6) is 0. The van der Waals surface area contributed by atoms with E-state index in [2.05, 4.69) is 15.2 Å². The maximum absolute atomic E-state index is 13.7. The first-order valence-corrected chi connectivity index (χ1v) is 7.78. The summed E-state index contributed by atoms with van der Waals surface area (Å²) in [6, 6.07) is 12.5. The lowest BCUT2D eigenvalue weighted by atomic mass is 10.1. The number of hydrogen-bond donors (Lipinski definition) is 0. The molecule has 25 heavy (non-hydrogen) atoms. The van der Waals surface area contributed by atoms with Crippen LogP contribution in [0.5, 0.6) is 0 Å². The van der Waals surface area contributed by atoms with Crippen molar-refractivity contribution in [3.8, 4) is 17.1 Å². The van der Waals surface area contributed by atoms with Crippen molar-refractivity contribution in [1.82, 2.24) is 24.5 Å². The monoisotopic (exact) mass is 339 g/mol. The standard InChI is InChI=1S/C18H15F2N5/c1-11-16-13(17(19)20)10-15(14-8-9-24(2)23-14)21-18(16)25(22-11)12-6-4-3-5-7-12/h3-10,17H,1-2H3. The molecular formula is C18H15F2N5. The van der Waals surface area contributed by atoms with Crippen molar-refractivity contribution in [1.29, 1.82) is 0 Å². The van der Waals surface area contributed by atoms with E-state index >= 15 is 0 Å². The lowest BCUT2D eigenvalue weighted by Gasteiger charge is -2.07. The summed E-state index contributed by atoms with van der Waals surface area (Å²) in [4.78, 5) is 4.59. The van der Waals surface area contributed by atoms with Gasteiger partial charge in [0, 0.05) is 18.8 Å². The molecule has 0 aliphatic rings. The predicted octanol–water partition coefficient (Wildman–Crippen LogP) is 4.07. The van der Waals surface area contributed by atoms with Crippen LogP contribution >= 0.6 is 0 Å². The van der Waals surface area contributed by atoms with Crippen LogP contribution in [0.1, 0.15) is 17.7 Å². The van der Waals surface area contributed by atoms with Gasteiger partial charge in [0.15, 0.2) is 5.65 Å². The Morgan fingerprint density at radius 3 is 2.40 bits per heavy atom. The van der Waals surface area contributed by atoms with Gasteiger partial charge in [-0.15, -0.1) is 0 Å². The Bertz CT molecular complexity index is 1050. The van der Waals surface area contributed by atoms with Crippen LogP contribution in [0.2, 0.25) is 0 Å². The van der Waals surface area contributed by atoms with Crippen molar-refractivity contribution in [3.05, 3.63) is 59.9 Å². The number of alkyl halides is 2. The molecule has 0 N–H and O–H groups in total. The van der Waals surface area contributed by atoms with E-state index in [4.69, 9.17) is 0 Å². The van der Waals surface area contributed by atoms with Crippen molar-refractivity contribution in [3.63, 3.8) is 0 Å². The molecular weight excluding hydrogens is 324 g/mol. The minimum atomic E-state index is -2.62. The highest BCUT2D eigenvalue weighted by Gasteiger charge is 2.22. The van der Waals surface area contributed by atoms with Gasteiger partial charge in [-0.1, -0.05) is 18.2 Å². The minimum Gasteiger partial charge on any atom is -0.275 e.